The minimum atomic E-state index is 0.0635. The quantitative estimate of drug-likeness (QED) is 0.772. The molecule has 2 rings (SSSR count). The molecule has 0 amide bonds. The molecule has 2 fully saturated rings. The zero-order valence-electron chi connectivity index (χ0n) is 11.5. The summed E-state index contributed by atoms with van der Waals surface area (Å²) in [6.45, 7) is 5.30. The fourth-order valence-electron chi connectivity index (χ4n) is 3.29. The molecule has 2 atom stereocenters. The zero-order chi connectivity index (χ0) is 12.3. The van der Waals surface area contributed by atoms with Gasteiger partial charge in [-0.05, 0) is 31.6 Å². The summed E-state index contributed by atoms with van der Waals surface area (Å²) in [5.41, 5.74) is 6.67. The Hall–Kier alpha value is -0.120. The molecule has 0 radical (unpaired) electrons. The first-order valence-corrected chi connectivity index (χ1v) is 7.15. The van der Waals surface area contributed by atoms with Crippen LogP contribution in [0.25, 0.3) is 0 Å². The maximum atomic E-state index is 6.61. The van der Waals surface area contributed by atoms with Gasteiger partial charge in [0.05, 0.1) is 6.61 Å². The smallest absolute Gasteiger partial charge is 0.0589 e. The van der Waals surface area contributed by atoms with E-state index in [2.05, 4.69) is 11.8 Å². The number of methoxy groups -OCH3 is 1. The normalized spacial score (nSPS) is 34.2. The molecule has 0 bridgehead atoms. The Labute approximate surface area is 106 Å². The molecule has 0 aliphatic heterocycles. The third kappa shape index (κ3) is 3.94. The fraction of sp³-hybridized carbons (Fsp3) is 1.00. The Bertz CT molecular complexity index is 242. The lowest BCUT2D eigenvalue weighted by molar-refractivity contribution is 0.105. The Morgan fingerprint density at radius 1 is 1.35 bits per heavy atom. The molecule has 0 spiro atoms. The van der Waals surface area contributed by atoms with Crippen molar-refractivity contribution >= 4 is 0 Å². The fourth-order valence-corrected chi connectivity index (χ4v) is 3.29. The van der Waals surface area contributed by atoms with Gasteiger partial charge < -0.3 is 10.5 Å². The van der Waals surface area contributed by atoms with E-state index in [1.54, 1.807) is 7.11 Å². The van der Waals surface area contributed by atoms with Crippen molar-refractivity contribution in [1.29, 1.82) is 0 Å². The molecular weight excluding hydrogens is 212 g/mol. The molecule has 3 nitrogen and oxygen atoms in total. The van der Waals surface area contributed by atoms with Gasteiger partial charge in [-0.3, -0.25) is 4.90 Å². The second kappa shape index (κ2) is 5.68. The number of hydrogen-bond acceptors (Lipinski definition) is 3. The predicted octanol–water partition coefficient (Wildman–Crippen LogP) is 2.00. The van der Waals surface area contributed by atoms with Gasteiger partial charge in [-0.25, -0.2) is 0 Å². The SMILES string of the molecule is COCCN(CC1(N)CCCC(C)C1)C1CC1. The van der Waals surface area contributed by atoms with Gasteiger partial charge >= 0.3 is 0 Å². The Morgan fingerprint density at radius 2 is 2.12 bits per heavy atom. The summed E-state index contributed by atoms with van der Waals surface area (Å²) in [5.74, 6) is 0.803. The van der Waals surface area contributed by atoms with Crippen LogP contribution in [0.1, 0.15) is 45.4 Å². The van der Waals surface area contributed by atoms with Crippen molar-refractivity contribution < 1.29 is 4.74 Å². The summed E-state index contributed by atoms with van der Waals surface area (Å²) in [5, 5.41) is 0. The molecule has 0 saturated heterocycles. The van der Waals surface area contributed by atoms with Crippen LogP contribution in [0.15, 0.2) is 0 Å². The van der Waals surface area contributed by atoms with Gasteiger partial charge in [0.15, 0.2) is 0 Å². The lowest BCUT2D eigenvalue weighted by Crippen LogP contribution is -2.53. The second-order valence-electron chi connectivity index (χ2n) is 6.26. The second-order valence-corrected chi connectivity index (χ2v) is 6.26. The van der Waals surface area contributed by atoms with E-state index in [0.717, 1.165) is 31.7 Å². The van der Waals surface area contributed by atoms with Gasteiger partial charge in [-0.2, -0.15) is 0 Å². The highest BCUT2D eigenvalue weighted by Crippen LogP contribution is 2.34. The topological polar surface area (TPSA) is 38.5 Å². The highest BCUT2D eigenvalue weighted by molar-refractivity contribution is 4.96. The van der Waals surface area contributed by atoms with Gasteiger partial charge in [0, 0.05) is 31.8 Å². The molecule has 2 saturated carbocycles. The van der Waals surface area contributed by atoms with Gasteiger partial charge in [-0.1, -0.05) is 19.8 Å². The van der Waals surface area contributed by atoms with Crippen molar-refractivity contribution in [3.63, 3.8) is 0 Å². The van der Waals surface area contributed by atoms with Gasteiger partial charge in [0.1, 0.15) is 0 Å². The Kier molecular flexibility index (Phi) is 4.45. The van der Waals surface area contributed by atoms with Crippen LogP contribution < -0.4 is 5.73 Å². The average molecular weight is 240 g/mol. The molecule has 0 aromatic heterocycles. The van der Waals surface area contributed by atoms with Crippen molar-refractivity contribution in [2.24, 2.45) is 11.7 Å². The van der Waals surface area contributed by atoms with Crippen LogP contribution in [-0.2, 0) is 4.74 Å². The number of hydrogen-bond donors (Lipinski definition) is 1. The molecule has 0 aromatic rings. The predicted molar refractivity (Wildman–Crippen MR) is 71.0 cm³/mol. The van der Waals surface area contributed by atoms with E-state index in [1.807, 2.05) is 0 Å². The lowest BCUT2D eigenvalue weighted by Gasteiger charge is -2.40. The van der Waals surface area contributed by atoms with Crippen LogP contribution in [0.4, 0.5) is 0 Å². The molecule has 0 aromatic carbocycles. The van der Waals surface area contributed by atoms with E-state index in [-0.39, 0.29) is 5.54 Å². The average Bonchev–Trinajstić information content (AvgIpc) is 3.07. The summed E-state index contributed by atoms with van der Waals surface area (Å²) in [6.07, 6.45) is 7.78. The lowest BCUT2D eigenvalue weighted by atomic mass is 9.77. The van der Waals surface area contributed by atoms with E-state index in [4.69, 9.17) is 10.5 Å². The summed E-state index contributed by atoms with van der Waals surface area (Å²) in [6, 6.07) is 0.794. The molecule has 3 heteroatoms. The van der Waals surface area contributed by atoms with Gasteiger partial charge in [0.25, 0.3) is 0 Å². The summed E-state index contributed by atoms with van der Waals surface area (Å²) >= 11 is 0. The highest BCUT2D eigenvalue weighted by atomic mass is 16.5. The molecule has 2 aliphatic rings. The maximum absolute atomic E-state index is 6.61. The van der Waals surface area contributed by atoms with Gasteiger partial charge in [-0.15, -0.1) is 0 Å². The minimum Gasteiger partial charge on any atom is -0.383 e. The van der Waals surface area contributed by atoms with Crippen LogP contribution in [0, 0.1) is 5.92 Å². The van der Waals surface area contributed by atoms with E-state index in [0.29, 0.717) is 0 Å². The van der Waals surface area contributed by atoms with Crippen LogP contribution in [-0.4, -0.2) is 43.3 Å². The minimum absolute atomic E-state index is 0.0635. The molecule has 2 unspecified atom stereocenters. The zero-order valence-corrected chi connectivity index (χ0v) is 11.5. The Morgan fingerprint density at radius 3 is 2.71 bits per heavy atom. The van der Waals surface area contributed by atoms with Crippen molar-refractivity contribution in [2.75, 3.05) is 26.8 Å². The van der Waals surface area contributed by atoms with Crippen molar-refractivity contribution in [1.82, 2.24) is 4.90 Å². The number of ether oxygens (including phenoxy) is 1. The van der Waals surface area contributed by atoms with E-state index >= 15 is 0 Å². The summed E-state index contributed by atoms with van der Waals surface area (Å²) in [4.78, 5) is 2.57. The number of nitrogens with zero attached hydrogens (tertiary/aromatic N) is 1. The van der Waals surface area contributed by atoms with Crippen LogP contribution in [0.5, 0.6) is 0 Å². The molecule has 100 valence electrons. The van der Waals surface area contributed by atoms with E-state index in [9.17, 15) is 0 Å². The van der Waals surface area contributed by atoms with Gasteiger partial charge in [0.2, 0.25) is 0 Å². The third-order valence-corrected chi connectivity index (χ3v) is 4.29. The molecule has 2 N–H and O–H groups in total. The van der Waals surface area contributed by atoms with Crippen molar-refractivity contribution in [3.05, 3.63) is 0 Å². The first kappa shape index (κ1) is 13.3. The van der Waals surface area contributed by atoms with E-state index < -0.39 is 0 Å². The highest BCUT2D eigenvalue weighted by Gasteiger charge is 2.37. The largest absolute Gasteiger partial charge is 0.383 e. The van der Waals surface area contributed by atoms with Crippen LogP contribution in [0.2, 0.25) is 0 Å². The standard InChI is InChI=1S/C14H28N2O/c1-12-4-3-7-14(15,10-12)11-16(8-9-17-2)13-5-6-13/h12-13H,3-11,15H2,1-2H3. The third-order valence-electron chi connectivity index (χ3n) is 4.29. The maximum Gasteiger partial charge on any atom is 0.0589 e. The summed E-state index contributed by atoms with van der Waals surface area (Å²) in [7, 11) is 1.78. The first-order valence-electron chi connectivity index (χ1n) is 7.15. The number of rotatable bonds is 6. The van der Waals surface area contributed by atoms with Crippen molar-refractivity contribution in [2.45, 2.75) is 57.0 Å². The number of nitrogens with two attached hydrogens (primary N) is 1. The summed E-state index contributed by atoms with van der Waals surface area (Å²) < 4.78 is 5.21. The van der Waals surface area contributed by atoms with Crippen molar-refractivity contribution in [3.8, 4) is 0 Å². The monoisotopic (exact) mass is 240 g/mol. The first-order chi connectivity index (χ1) is 8.13. The van der Waals surface area contributed by atoms with Crippen LogP contribution in [0.3, 0.4) is 0 Å². The van der Waals surface area contributed by atoms with Crippen LogP contribution >= 0.6 is 0 Å². The van der Waals surface area contributed by atoms with E-state index in [1.165, 1.54) is 38.5 Å². The molecule has 2 aliphatic carbocycles. The Balaban J connectivity index is 1.86. The molecule has 17 heavy (non-hydrogen) atoms. The molecule has 0 heterocycles. The molecular formula is C14H28N2O.